The van der Waals surface area contributed by atoms with Crippen LogP contribution in [0.3, 0.4) is 0 Å². The summed E-state index contributed by atoms with van der Waals surface area (Å²) in [6.45, 7) is 2.04. The lowest BCUT2D eigenvalue weighted by molar-refractivity contribution is 0.0693. The molecule has 1 atom stereocenters. The van der Waals surface area contributed by atoms with E-state index < -0.39 is 16.3 Å². The van der Waals surface area contributed by atoms with E-state index >= 15 is 0 Å². The summed E-state index contributed by atoms with van der Waals surface area (Å²) >= 11 is 0. The van der Waals surface area contributed by atoms with Crippen LogP contribution in [0.1, 0.15) is 5.56 Å². The van der Waals surface area contributed by atoms with Crippen LogP contribution in [-0.2, 0) is 19.0 Å². The molecule has 1 aromatic carbocycles. The first-order valence-electron chi connectivity index (χ1n) is 5.16. The predicted octanol–water partition coefficient (Wildman–Crippen LogP) is 0.892. The van der Waals surface area contributed by atoms with E-state index in [0.717, 1.165) is 5.56 Å². The lowest BCUT2D eigenvalue weighted by Crippen LogP contribution is -2.34. The number of likely N-dealkylation sites (N-methyl/N-ethyl adjacent to an activating group) is 1. The van der Waals surface area contributed by atoms with Gasteiger partial charge in [0.25, 0.3) is 10.1 Å². The first-order chi connectivity index (χ1) is 7.99. The molecule has 0 bridgehead atoms. The zero-order valence-electron chi connectivity index (χ0n) is 10.1. The molecule has 17 heavy (non-hydrogen) atoms. The molecule has 6 heteroatoms. The minimum absolute atomic E-state index is 0.138. The molecular formula is C11H17NO4S. The van der Waals surface area contributed by atoms with Crippen molar-refractivity contribution in [3.05, 3.63) is 29.8 Å². The van der Waals surface area contributed by atoms with Crippen molar-refractivity contribution in [3.63, 3.8) is 0 Å². The first kappa shape index (κ1) is 14.1. The molecule has 0 saturated carbocycles. The largest absolute Gasteiger partial charge is 0.381 e. The predicted molar refractivity (Wildman–Crippen MR) is 64.2 cm³/mol. The van der Waals surface area contributed by atoms with Crippen LogP contribution in [0.25, 0.3) is 0 Å². The van der Waals surface area contributed by atoms with Gasteiger partial charge in [0.2, 0.25) is 0 Å². The van der Waals surface area contributed by atoms with Gasteiger partial charge in [0.15, 0.2) is 6.23 Å². The summed E-state index contributed by atoms with van der Waals surface area (Å²) in [5, 5.41) is 2.71. The van der Waals surface area contributed by atoms with Gasteiger partial charge in [0.05, 0.1) is 11.5 Å². The maximum atomic E-state index is 11.9. The summed E-state index contributed by atoms with van der Waals surface area (Å²) in [6.07, 6.45) is -0.689. The Hall–Kier alpha value is -0.950. The van der Waals surface area contributed by atoms with E-state index in [2.05, 4.69) is 5.32 Å². The quantitative estimate of drug-likeness (QED) is 0.607. The number of rotatable bonds is 6. The fourth-order valence-electron chi connectivity index (χ4n) is 1.22. The number of benzene rings is 1. The average molecular weight is 259 g/mol. The van der Waals surface area contributed by atoms with Crippen LogP contribution in [0.2, 0.25) is 0 Å². The Labute approximate surface area is 102 Å². The minimum atomic E-state index is -3.75. The van der Waals surface area contributed by atoms with E-state index in [-0.39, 0.29) is 11.5 Å². The van der Waals surface area contributed by atoms with Crippen LogP contribution < -0.4 is 5.32 Å². The topological polar surface area (TPSA) is 64.6 Å². The smallest absolute Gasteiger partial charge is 0.298 e. The molecule has 0 aliphatic carbocycles. The van der Waals surface area contributed by atoms with Gasteiger partial charge in [-0.05, 0) is 26.1 Å². The number of aryl methyl sites for hydroxylation is 1. The normalized spacial score (nSPS) is 13.6. The van der Waals surface area contributed by atoms with Gasteiger partial charge in [0.1, 0.15) is 0 Å². The molecule has 0 aromatic heterocycles. The highest BCUT2D eigenvalue weighted by molar-refractivity contribution is 7.86. The third kappa shape index (κ3) is 4.08. The maximum absolute atomic E-state index is 11.9. The summed E-state index contributed by atoms with van der Waals surface area (Å²) in [4.78, 5) is 0.138. The van der Waals surface area contributed by atoms with Gasteiger partial charge in [-0.25, -0.2) is 4.18 Å². The van der Waals surface area contributed by atoms with Crippen LogP contribution in [0.5, 0.6) is 0 Å². The van der Waals surface area contributed by atoms with E-state index in [9.17, 15) is 8.42 Å². The monoisotopic (exact) mass is 259 g/mol. The summed E-state index contributed by atoms with van der Waals surface area (Å²) in [5.41, 5.74) is 0.992. The van der Waals surface area contributed by atoms with Gasteiger partial charge < -0.3 is 4.74 Å². The molecule has 0 aliphatic rings. The highest BCUT2D eigenvalue weighted by Gasteiger charge is 2.20. The maximum Gasteiger partial charge on any atom is 0.298 e. The number of hydrogen-bond acceptors (Lipinski definition) is 5. The molecule has 0 heterocycles. The van der Waals surface area contributed by atoms with E-state index in [0.29, 0.717) is 0 Å². The number of methoxy groups -OCH3 is 1. The minimum Gasteiger partial charge on any atom is -0.381 e. The summed E-state index contributed by atoms with van der Waals surface area (Å²) in [7, 11) is -0.669. The van der Waals surface area contributed by atoms with Crippen LogP contribution in [0.4, 0.5) is 0 Å². The van der Waals surface area contributed by atoms with Crippen LogP contribution in [0, 0.1) is 6.92 Å². The van der Waals surface area contributed by atoms with Crippen molar-refractivity contribution in [2.45, 2.75) is 18.0 Å². The number of hydrogen-bond donors (Lipinski definition) is 1. The highest BCUT2D eigenvalue weighted by Crippen LogP contribution is 2.14. The van der Waals surface area contributed by atoms with Crippen molar-refractivity contribution in [3.8, 4) is 0 Å². The third-order valence-corrected chi connectivity index (χ3v) is 3.53. The second-order valence-corrected chi connectivity index (χ2v) is 5.17. The van der Waals surface area contributed by atoms with Crippen LogP contribution in [0.15, 0.2) is 29.2 Å². The molecule has 5 nitrogen and oxygen atoms in total. The molecule has 0 spiro atoms. The fourth-order valence-corrected chi connectivity index (χ4v) is 2.26. The Kier molecular flexibility index (Phi) is 5.07. The second kappa shape index (κ2) is 6.11. The van der Waals surface area contributed by atoms with Crippen molar-refractivity contribution in [2.75, 3.05) is 20.8 Å². The molecule has 0 saturated heterocycles. The zero-order valence-corrected chi connectivity index (χ0v) is 11.0. The Bertz CT molecular complexity index is 441. The van der Waals surface area contributed by atoms with Gasteiger partial charge >= 0.3 is 0 Å². The second-order valence-electron chi connectivity index (χ2n) is 3.60. The Morgan fingerprint density at radius 2 is 1.88 bits per heavy atom. The Morgan fingerprint density at radius 3 is 2.35 bits per heavy atom. The van der Waals surface area contributed by atoms with E-state index in [1.165, 1.54) is 19.2 Å². The first-order valence-corrected chi connectivity index (χ1v) is 6.56. The molecule has 1 N–H and O–H groups in total. The molecule has 0 fully saturated rings. The third-order valence-electron chi connectivity index (χ3n) is 2.19. The van der Waals surface area contributed by atoms with Gasteiger partial charge in [-0.1, -0.05) is 17.7 Å². The molecule has 1 aromatic rings. The Balaban J connectivity index is 2.84. The SMILES string of the molecule is CN[C@H](COC)OS(=O)(=O)c1ccc(C)cc1. The summed E-state index contributed by atoms with van der Waals surface area (Å²) < 4.78 is 33.6. The van der Waals surface area contributed by atoms with Crippen molar-refractivity contribution >= 4 is 10.1 Å². The van der Waals surface area contributed by atoms with E-state index in [1.807, 2.05) is 6.92 Å². The van der Waals surface area contributed by atoms with E-state index in [1.54, 1.807) is 19.2 Å². The van der Waals surface area contributed by atoms with Gasteiger partial charge in [-0.15, -0.1) is 0 Å². The lowest BCUT2D eigenvalue weighted by atomic mass is 10.2. The van der Waals surface area contributed by atoms with Gasteiger partial charge in [-0.3, -0.25) is 5.32 Å². The van der Waals surface area contributed by atoms with Crippen LogP contribution >= 0.6 is 0 Å². The van der Waals surface area contributed by atoms with Crippen molar-refractivity contribution < 1.29 is 17.3 Å². The fraction of sp³-hybridized carbons (Fsp3) is 0.455. The average Bonchev–Trinajstić information content (AvgIpc) is 2.28. The molecule has 0 unspecified atom stereocenters. The summed E-state index contributed by atoms with van der Waals surface area (Å²) in [5.74, 6) is 0. The molecule has 0 radical (unpaired) electrons. The summed E-state index contributed by atoms with van der Waals surface area (Å²) in [6, 6.07) is 6.48. The molecule has 96 valence electrons. The van der Waals surface area contributed by atoms with E-state index in [4.69, 9.17) is 8.92 Å². The van der Waals surface area contributed by atoms with Crippen molar-refractivity contribution in [1.29, 1.82) is 0 Å². The number of nitrogens with one attached hydrogen (secondary N) is 1. The van der Waals surface area contributed by atoms with Crippen molar-refractivity contribution in [2.24, 2.45) is 0 Å². The molecule has 0 aliphatic heterocycles. The Morgan fingerprint density at radius 1 is 1.29 bits per heavy atom. The van der Waals surface area contributed by atoms with Crippen LogP contribution in [-0.4, -0.2) is 35.4 Å². The van der Waals surface area contributed by atoms with Gasteiger partial charge in [-0.2, -0.15) is 8.42 Å². The van der Waals surface area contributed by atoms with Crippen molar-refractivity contribution in [1.82, 2.24) is 5.32 Å². The lowest BCUT2D eigenvalue weighted by Gasteiger charge is -2.15. The number of ether oxygens (including phenoxy) is 1. The zero-order chi connectivity index (χ0) is 12.9. The molecular weight excluding hydrogens is 242 g/mol. The molecule has 1 rings (SSSR count). The standard InChI is InChI=1S/C11H17NO4S/c1-9-4-6-10(7-5-9)17(13,14)16-11(12-2)8-15-3/h4-7,11-12H,8H2,1-3H3/t11-/m0/s1. The van der Waals surface area contributed by atoms with Gasteiger partial charge in [0, 0.05) is 7.11 Å². The molecule has 0 amide bonds. The highest BCUT2D eigenvalue weighted by atomic mass is 32.2.